The maximum atomic E-state index is 12.7. The molecule has 2 atom stereocenters. The Balaban J connectivity index is 1.33. The van der Waals surface area contributed by atoms with Crippen molar-refractivity contribution in [2.45, 2.75) is 37.8 Å². The van der Waals surface area contributed by atoms with E-state index in [1.807, 2.05) is 36.4 Å². The number of benzene rings is 2. The Hall–Kier alpha value is -3.39. The fraction of sp³-hybridized carbons (Fsp3) is 0.400. The number of fused-ring (bicyclic) bond motifs is 3. The van der Waals surface area contributed by atoms with Gasteiger partial charge in [-0.15, -0.1) is 0 Å². The van der Waals surface area contributed by atoms with Crippen LogP contribution in [0.5, 0.6) is 0 Å². The third-order valence-corrected chi connectivity index (χ3v) is 6.31. The molecule has 33 heavy (non-hydrogen) atoms. The van der Waals surface area contributed by atoms with E-state index in [2.05, 4.69) is 22.8 Å². The Morgan fingerprint density at radius 1 is 1.06 bits per heavy atom. The molecule has 174 valence electrons. The zero-order chi connectivity index (χ0) is 23.6. The van der Waals surface area contributed by atoms with Gasteiger partial charge >= 0.3 is 12.1 Å². The van der Waals surface area contributed by atoms with Gasteiger partial charge in [-0.05, 0) is 42.5 Å². The van der Waals surface area contributed by atoms with Gasteiger partial charge in [0.05, 0.1) is 0 Å². The Morgan fingerprint density at radius 3 is 2.27 bits per heavy atom. The molecule has 8 heteroatoms. The van der Waals surface area contributed by atoms with Gasteiger partial charge in [-0.25, -0.2) is 9.59 Å². The summed E-state index contributed by atoms with van der Waals surface area (Å²) in [5.41, 5.74) is 3.25. The third-order valence-electron chi connectivity index (χ3n) is 6.31. The first-order valence-corrected chi connectivity index (χ1v) is 11.0. The van der Waals surface area contributed by atoms with Crippen molar-refractivity contribution in [2.75, 3.05) is 19.8 Å². The predicted octanol–water partition coefficient (Wildman–Crippen LogP) is 2.91. The molecule has 1 aliphatic heterocycles. The molecule has 1 aliphatic carbocycles. The topological polar surface area (TPSA) is 114 Å². The van der Waals surface area contributed by atoms with Crippen LogP contribution in [0, 0.1) is 5.92 Å². The summed E-state index contributed by atoms with van der Waals surface area (Å²) in [6, 6.07) is 16.1. The van der Waals surface area contributed by atoms with E-state index < -0.39 is 29.6 Å². The fourth-order valence-electron chi connectivity index (χ4n) is 4.51. The van der Waals surface area contributed by atoms with Gasteiger partial charge in [0, 0.05) is 25.0 Å². The number of hydrogen-bond acceptors (Lipinski definition) is 5. The van der Waals surface area contributed by atoms with E-state index in [-0.39, 0.29) is 25.0 Å². The zero-order valence-corrected chi connectivity index (χ0v) is 18.7. The van der Waals surface area contributed by atoms with Gasteiger partial charge in [-0.1, -0.05) is 48.5 Å². The summed E-state index contributed by atoms with van der Waals surface area (Å²) in [4.78, 5) is 36.4. The van der Waals surface area contributed by atoms with Crippen LogP contribution in [0.15, 0.2) is 48.5 Å². The monoisotopic (exact) mass is 452 g/mol. The normalized spacial score (nSPS) is 19.5. The van der Waals surface area contributed by atoms with Gasteiger partial charge < -0.3 is 25.2 Å². The highest BCUT2D eigenvalue weighted by Crippen LogP contribution is 2.44. The quantitative estimate of drug-likeness (QED) is 0.595. The second-order valence-electron chi connectivity index (χ2n) is 8.96. The lowest BCUT2D eigenvalue weighted by Crippen LogP contribution is -2.55. The maximum Gasteiger partial charge on any atom is 0.408 e. The minimum Gasteiger partial charge on any atom is -0.479 e. The van der Waals surface area contributed by atoms with Gasteiger partial charge in [-0.2, -0.15) is 0 Å². The van der Waals surface area contributed by atoms with Crippen molar-refractivity contribution in [3.8, 4) is 11.1 Å². The van der Waals surface area contributed by atoms with Crippen LogP contribution >= 0.6 is 0 Å². The molecule has 1 fully saturated rings. The van der Waals surface area contributed by atoms with Gasteiger partial charge in [0.15, 0.2) is 6.10 Å². The average molecular weight is 453 g/mol. The lowest BCUT2D eigenvalue weighted by atomic mass is 9.98. The van der Waals surface area contributed by atoms with Crippen LogP contribution in [0.1, 0.15) is 37.3 Å². The summed E-state index contributed by atoms with van der Waals surface area (Å²) < 4.78 is 10.7. The summed E-state index contributed by atoms with van der Waals surface area (Å²) in [5, 5.41) is 14.5. The molecule has 0 radical (unpaired) electrons. The van der Waals surface area contributed by atoms with E-state index in [1.54, 1.807) is 13.8 Å². The third kappa shape index (κ3) is 4.71. The van der Waals surface area contributed by atoms with Gasteiger partial charge in [0.25, 0.3) is 0 Å². The van der Waals surface area contributed by atoms with E-state index in [0.717, 1.165) is 22.3 Å². The van der Waals surface area contributed by atoms with Crippen molar-refractivity contribution >= 4 is 18.0 Å². The number of amides is 2. The van der Waals surface area contributed by atoms with Gasteiger partial charge in [0.1, 0.15) is 12.1 Å². The molecule has 2 unspecified atom stereocenters. The molecule has 0 spiro atoms. The maximum absolute atomic E-state index is 12.7. The Labute approximate surface area is 192 Å². The van der Waals surface area contributed by atoms with Crippen LogP contribution in [-0.2, 0) is 19.1 Å². The number of carboxylic acids is 1. The highest BCUT2D eigenvalue weighted by atomic mass is 16.5. The number of nitrogens with one attached hydrogen (secondary N) is 2. The van der Waals surface area contributed by atoms with Crippen molar-refractivity contribution in [3.05, 3.63) is 59.7 Å². The Kier molecular flexibility index (Phi) is 6.37. The van der Waals surface area contributed by atoms with Gasteiger partial charge in [-0.3, -0.25) is 4.79 Å². The van der Waals surface area contributed by atoms with Crippen molar-refractivity contribution < 1.29 is 29.0 Å². The summed E-state index contributed by atoms with van der Waals surface area (Å²) in [6.07, 6.45) is -1.06. The first kappa shape index (κ1) is 22.8. The molecule has 8 nitrogen and oxygen atoms in total. The van der Waals surface area contributed by atoms with Gasteiger partial charge in [0.2, 0.25) is 5.91 Å². The molecular formula is C25H28N2O6. The van der Waals surface area contributed by atoms with E-state index in [0.29, 0.717) is 13.0 Å². The molecule has 2 aromatic carbocycles. The molecule has 4 rings (SSSR count). The Morgan fingerprint density at radius 2 is 1.67 bits per heavy atom. The molecule has 2 aromatic rings. The lowest BCUT2D eigenvalue weighted by molar-refractivity contribution is -0.149. The van der Waals surface area contributed by atoms with E-state index >= 15 is 0 Å². The molecular weight excluding hydrogens is 424 g/mol. The average Bonchev–Trinajstić information content (AvgIpc) is 3.38. The van der Waals surface area contributed by atoms with Crippen LogP contribution in [0.2, 0.25) is 0 Å². The van der Waals surface area contributed by atoms with E-state index in [9.17, 15) is 19.5 Å². The second-order valence-corrected chi connectivity index (χ2v) is 8.96. The minimum atomic E-state index is -1.24. The molecule has 2 aliphatic rings. The highest BCUT2D eigenvalue weighted by Gasteiger charge is 2.36. The molecule has 1 saturated heterocycles. The molecule has 2 amide bonds. The summed E-state index contributed by atoms with van der Waals surface area (Å²) in [7, 11) is 0. The van der Waals surface area contributed by atoms with Crippen molar-refractivity contribution in [1.29, 1.82) is 0 Å². The smallest absolute Gasteiger partial charge is 0.408 e. The molecule has 3 N–H and O–H groups in total. The first-order valence-electron chi connectivity index (χ1n) is 11.0. The minimum absolute atomic E-state index is 0.0737. The number of aliphatic carboxylic acids is 1. The zero-order valence-electron chi connectivity index (χ0n) is 18.7. The number of carbonyl (C=O) groups is 3. The highest BCUT2D eigenvalue weighted by molar-refractivity contribution is 5.89. The van der Waals surface area contributed by atoms with Crippen molar-refractivity contribution in [1.82, 2.24) is 10.6 Å². The molecule has 1 heterocycles. The Bertz CT molecular complexity index is 1020. The van der Waals surface area contributed by atoms with Crippen LogP contribution in [0.3, 0.4) is 0 Å². The lowest BCUT2D eigenvalue weighted by Gasteiger charge is -2.26. The van der Waals surface area contributed by atoms with E-state index in [4.69, 9.17) is 9.47 Å². The SMILES string of the molecule is CC(C)(NC(=O)OCC1c2ccccc2-c2ccccc21)C(=O)NCC1CCOC1C(=O)O. The number of rotatable bonds is 7. The summed E-state index contributed by atoms with van der Waals surface area (Å²) in [6.45, 7) is 3.80. The second kappa shape index (κ2) is 9.23. The van der Waals surface area contributed by atoms with Crippen LogP contribution in [0.25, 0.3) is 11.1 Å². The first-order chi connectivity index (χ1) is 15.8. The number of carbonyl (C=O) groups excluding carboxylic acids is 2. The number of ether oxygens (including phenoxy) is 2. The molecule has 0 bridgehead atoms. The molecule has 0 aromatic heterocycles. The standard InChI is InChI=1S/C25H28N2O6/c1-25(2,23(30)26-13-15-11-12-32-21(15)22(28)29)27-24(31)33-14-20-18-9-5-3-7-16(18)17-8-4-6-10-19(17)20/h3-10,15,20-21H,11-14H2,1-2H3,(H,26,30)(H,27,31)(H,28,29). The number of alkyl carbamates (subject to hydrolysis) is 1. The number of hydrogen-bond donors (Lipinski definition) is 3. The number of carboxylic acid groups (broad SMARTS) is 1. The van der Waals surface area contributed by atoms with Crippen LogP contribution in [0.4, 0.5) is 4.79 Å². The van der Waals surface area contributed by atoms with Crippen LogP contribution < -0.4 is 10.6 Å². The van der Waals surface area contributed by atoms with Crippen molar-refractivity contribution in [2.24, 2.45) is 5.92 Å². The fourth-order valence-corrected chi connectivity index (χ4v) is 4.51. The predicted molar refractivity (Wildman–Crippen MR) is 121 cm³/mol. The summed E-state index contributed by atoms with van der Waals surface area (Å²) >= 11 is 0. The molecule has 0 saturated carbocycles. The van der Waals surface area contributed by atoms with E-state index in [1.165, 1.54) is 0 Å². The van der Waals surface area contributed by atoms with Crippen LogP contribution in [-0.4, -0.2) is 54.5 Å². The summed E-state index contributed by atoms with van der Waals surface area (Å²) in [5.74, 6) is -1.85. The largest absolute Gasteiger partial charge is 0.479 e. The van der Waals surface area contributed by atoms with Crippen molar-refractivity contribution in [3.63, 3.8) is 0 Å².